The molecule has 8 nitrogen and oxygen atoms in total. The number of hydrogen-bond acceptors (Lipinski definition) is 6. The van der Waals surface area contributed by atoms with Gasteiger partial charge in [-0.15, -0.1) is 0 Å². The number of likely N-dealkylation sites (tertiary alicyclic amines) is 1. The molecule has 35 heavy (non-hydrogen) atoms. The average Bonchev–Trinajstić information content (AvgIpc) is 3.18. The van der Waals surface area contributed by atoms with Gasteiger partial charge >= 0.3 is 6.03 Å². The van der Waals surface area contributed by atoms with Crippen LogP contribution in [0.1, 0.15) is 36.8 Å². The standard InChI is InChI=1S/C27H35N3O5/c1-33-22-17-24(35-3)23(34-2)16-20(22)18-30-14-11-21(12-15-30)27(25(31)28-26(32)29-27)13-7-10-19-8-5-4-6-9-19/h4-6,8-9,16-17,21H,7,10-15,18H2,1-3H3,(H2,28,29,31,32)/t27-/m1/s1. The summed E-state index contributed by atoms with van der Waals surface area (Å²) in [6, 6.07) is 13.7. The number of carbonyl (C=O) groups excluding carboxylic acids is 2. The first-order chi connectivity index (χ1) is 17.0. The van der Waals surface area contributed by atoms with Crippen molar-refractivity contribution < 1.29 is 23.8 Å². The van der Waals surface area contributed by atoms with E-state index in [0.717, 1.165) is 50.1 Å². The van der Waals surface area contributed by atoms with E-state index in [1.165, 1.54) is 5.56 Å². The molecule has 2 aromatic rings. The van der Waals surface area contributed by atoms with Crippen molar-refractivity contribution >= 4 is 11.9 Å². The molecule has 2 N–H and O–H groups in total. The second-order valence-electron chi connectivity index (χ2n) is 9.29. The monoisotopic (exact) mass is 481 g/mol. The van der Waals surface area contributed by atoms with Crippen molar-refractivity contribution in [2.45, 2.75) is 44.2 Å². The number of benzene rings is 2. The largest absolute Gasteiger partial charge is 0.496 e. The molecule has 2 aliphatic rings. The Labute approximate surface area is 206 Å². The third kappa shape index (κ3) is 5.37. The minimum atomic E-state index is -0.834. The fourth-order valence-corrected chi connectivity index (χ4v) is 5.43. The van der Waals surface area contributed by atoms with Crippen molar-refractivity contribution in [3.8, 4) is 17.2 Å². The summed E-state index contributed by atoms with van der Waals surface area (Å²) in [6.45, 7) is 2.35. The third-order valence-electron chi connectivity index (χ3n) is 7.31. The van der Waals surface area contributed by atoms with Gasteiger partial charge in [0.15, 0.2) is 11.5 Å². The van der Waals surface area contributed by atoms with Crippen molar-refractivity contribution in [2.75, 3.05) is 34.4 Å². The van der Waals surface area contributed by atoms with E-state index in [-0.39, 0.29) is 17.9 Å². The SMILES string of the molecule is COc1cc(OC)c(OC)cc1CN1CCC([C@@]2(CCCc3ccccc3)NC(=O)NC2=O)CC1. The summed E-state index contributed by atoms with van der Waals surface area (Å²) in [5.41, 5.74) is 1.43. The Bertz CT molecular complexity index is 1040. The summed E-state index contributed by atoms with van der Waals surface area (Å²) in [5, 5.41) is 5.51. The van der Waals surface area contributed by atoms with Gasteiger partial charge in [0.1, 0.15) is 11.3 Å². The number of ether oxygens (including phenoxy) is 3. The van der Waals surface area contributed by atoms with E-state index in [2.05, 4.69) is 27.7 Å². The molecule has 0 radical (unpaired) electrons. The lowest BCUT2D eigenvalue weighted by atomic mass is 9.74. The predicted molar refractivity (Wildman–Crippen MR) is 133 cm³/mol. The third-order valence-corrected chi connectivity index (χ3v) is 7.31. The van der Waals surface area contributed by atoms with E-state index in [1.807, 2.05) is 30.3 Å². The van der Waals surface area contributed by atoms with Crippen molar-refractivity contribution in [1.82, 2.24) is 15.5 Å². The number of carbonyl (C=O) groups is 2. The Morgan fingerprint density at radius 2 is 1.60 bits per heavy atom. The zero-order valence-electron chi connectivity index (χ0n) is 20.8. The number of aryl methyl sites for hydroxylation is 1. The zero-order valence-corrected chi connectivity index (χ0v) is 20.8. The van der Waals surface area contributed by atoms with E-state index in [9.17, 15) is 9.59 Å². The highest BCUT2D eigenvalue weighted by Crippen LogP contribution is 2.38. The molecule has 0 aromatic heterocycles. The van der Waals surface area contributed by atoms with Crippen LogP contribution < -0.4 is 24.8 Å². The lowest BCUT2D eigenvalue weighted by molar-refractivity contribution is -0.127. The van der Waals surface area contributed by atoms with Gasteiger partial charge in [0, 0.05) is 18.2 Å². The maximum atomic E-state index is 13.0. The zero-order chi connectivity index (χ0) is 24.8. The van der Waals surface area contributed by atoms with E-state index in [0.29, 0.717) is 24.5 Å². The Balaban J connectivity index is 1.42. The van der Waals surface area contributed by atoms with E-state index in [1.54, 1.807) is 21.3 Å². The minimum absolute atomic E-state index is 0.0910. The summed E-state index contributed by atoms with van der Waals surface area (Å²) < 4.78 is 16.5. The van der Waals surface area contributed by atoms with E-state index < -0.39 is 5.54 Å². The maximum absolute atomic E-state index is 13.0. The van der Waals surface area contributed by atoms with Crippen LogP contribution in [0.4, 0.5) is 4.79 Å². The fraction of sp³-hybridized carbons (Fsp3) is 0.481. The first kappa shape index (κ1) is 24.9. The van der Waals surface area contributed by atoms with Crippen LogP contribution in [0.2, 0.25) is 0 Å². The summed E-state index contributed by atoms with van der Waals surface area (Å²) in [5.74, 6) is 1.96. The Morgan fingerprint density at radius 3 is 2.20 bits per heavy atom. The molecule has 4 rings (SSSR count). The Kier molecular flexibility index (Phi) is 7.80. The average molecular weight is 482 g/mol. The van der Waals surface area contributed by atoms with Crippen LogP contribution in [0.25, 0.3) is 0 Å². The molecule has 8 heteroatoms. The van der Waals surface area contributed by atoms with Gasteiger partial charge < -0.3 is 19.5 Å². The molecule has 1 atom stereocenters. The van der Waals surface area contributed by atoms with Crippen LogP contribution in [-0.2, 0) is 17.8 Å². The second kappa shape index (κ2) is 11.0. The molecule has 3 amide bonds. The normalized spacial score (nSPS) is 20.9. The van der Waals surface area contributed by atoms with Gasteiger partial charge in [0.25, 0.3) is 5.91 Å². The highest BCUT2D eigenvalue weighted by molar-refractivity contribution is 6.07. The molecule has 0 unspecified atom stereocenters. The molecule has 2 saturated heterocycles. The van der Waals surface area contributed by atoms with Crippen molar-refractivity contribution in [2.24, 2.45) is 5.92 Å². The first-order valence-electron chi connectivity index (χ1n) is 12.2. The molecule has 0 saturated carbocycles. The van der Waals surface area contributed by atoms with Crippen LogP contribution >= 0.6 is 0 Å². The number of methoxy groups -OCH3 is 3. The molecule has 0 bridgehead atoms. The van der Waals surface area contributed by atoms with Gasteiger partial charge in [0.05, 0.1) is 21.3 Å². The van der Waals surface area contributed by atoms with Crippen LogP contribution in [0.5, 0.6) is 17.2 Å². The molecule has 2 fully saturated rings. The summed E-state index contributed by atoms with van der Waals surface area (Å²) >= 11 is 0. The highest BCUT2D eigenvalue weighted by atomic mass is 16.5. The van der Waals surface area contributed by atoms with Crippen molar-refractivity contribution in [1.29, 1.82) is 0 Å². The number of urea groups is 1. The first-order valence-corrected chi connectivity index (χ1v) is 12.2. The van der Waals surface area contributed by atoms with Gasteiger partial charge in [-0.1, -0.05) is 30.3 Å². The van der Waals surface area contributed by atoms with Gasteiger partial charge in [0.2, 0.25) is 0 Å². The van der Waals surface area contributed by atoms with Crippen LogP contribution in [0, 0.1) is 5.92 Å². The summed E-state index contributed by atoms with van der Waals surface area (Å²) in [6.07, 6.45) is 4.00. The second-order valence-corrected chi connectivity index (χ2v) is 9.29. The van der Waals surface area contributed by atoms with Gasteiger partial charge in [-0.3, -0.25) is 15.0 Å². The molecular formula is C27H35N3O5. The van der Waals surface area contributed by atoms with Crippen LogP contribution in [0.15, 0.2) is 42.5 Å². The number of piperidine rings is 1. The van der Waals surface area contributed by atoms with Crippen LogP contribution in [-0.4, -0.2) is 56.8 Å². The molecule has 0 spiro atoms. The minimum Gasteiger partial charge on any atom is -0.496 e. The summed E-state index contributed by atoms with van der Waals surface area (Å²) in [4.78, 5) is 27.5. The maximum Gasteiger partial charge on any atom is 0.322 e. The highest BCUT2D eigenvalue weighted by Gasteiger charge is 2.51. The van der Waals surface area contributed by atoms with Crippen molar-refractivity contribution in [3.63, 3.8) is 0 Å². The topological polar surface area (TPSA) is 89.1 Å². The number of amides is 3. The molecule has 188 valence electrons. The lowest BCUT2D eigenvalue weighted by Gasteiger charge is -2.41. The Hall–Kier alpha value is -3.26. The smallest absolute Gasteiger partial charge is 0.322 e. The van der Waals surface area contributed by atoms with Gasteiger partial charge in [-0.2, -0.15) is 0 Å². The number of nitrogens with zero attached hydrogens (tertiary/aromatic N) is 1. The number of nitrogens with one attached hydrogen (secondary N) is 2. The Morgan fingerprint density at radius 1 is 0.943 bits per heavy atom. The number of hydrogen-bond donors (Lipinski definition) is 2. The lowest BCUT2D eigenvalue weighted by Crippen LogP contribution is -2.56. The molecule has 0 aliphatic carbocycles. The van der Waals surface area contributed by atoms with E-state index in [4.69, 9.17) is 14.2 Å². The van der Waals surface area contributed by atoms with Crippen molar-refractivity contribution in [3.05, 3.63) is 53.6 Å². The molecule has 2 aromatic carbocycles. The number of imide groups is 1. The van der Waals surface area contributed by atoms with Crippen LogP contribution in [0.3, 0.4) is 0 Å². The van der Waals surface area contributed by atoms with Gasteiger partial charge in [-0.05, 0) is 62.7 Å². The predicted octanol–water partition coefficient (Wildman–Crippen LogP) is 3.53. The van der Waals surface area contributed by atoms with E-state index >= 15 is 0 Å². The molecular weight excluding hydrogens is 446 g/mol. The quantitative estimate of drug-likeness (QED) is 0.505. The summed E-state index contributed by atoms with van der Waals surface area (Å²) in [7, 11) is 4.88. The molecule has 2 aliphatic heterocycles. The fourth-order valence-electron chi connectivity index (χ4n) is 5.43. The number of rotatable bonds is 10. The van der Waals surface area contributed by atoms with Gasteiger partial charge in [-0.25, -0.2) is 4.79 Å². The molecule has 2 heterocycles.